The number of rotatable bonds is 3. The van der Waals surface area contributed by atoms with Crippen LogP contribution in [0.15, 0.2) is 48.5 Å². The number of likely N-dealkylation sites (tertiary alicyclic amines) is 1. The van der Waals surface area contributed by atoms with Crippen LogP contribution < -0.4 is 5.32 Å². The van der Waals surface area contributed by atoms with E-state index in [1.54, 1.807) is 4.90 Å². The monoisotopic (exact) mass is 476 g/mol. The number of carbonyl (C=O) groups excluding carboxylic acids is 3. The van der Waals surface area contributed by atoms with Crippen molar-refractivity contribution in [3.8, 4) is 0 Å². The standard InChI is InChI=1S/C27H32N4O4/c1-19-6-8-22(9-7-19)28-27(34)31-17-21-5-3-2-4-20(21)16-24(31)26(33)29-12-10-23(11-13-29)30-14-15-35-18-25(30)32/h2-9,23-24H,10-18H2,1H3,(H,28,34). The molecule has 0 saturated carbocycles. The van der Waals surface area contributed by atoms with Crippen molar-refractivity contribution in [1.82, 2.24) is 14.7 Å². The van der Waals surface area contributed by atoms with Crippen LogP contribution in [0.2, 0.25) is 0 Å². The molecule has 8 nitrogen and oxygen atoms in total. The van der Waals surface area contributed by atoms with E-state index in [4.69, 9.17) is 4.74 Å². The first kappa shape index (κ1) is 23.4. The highest BCUT2D eigenvalue weighted by Gasteiger charge is 2.39. The van der Waals surface area contributed by atoms with Gasteiger partial charge < -0.3 is 24.8 Å². The summed E-state index contributed by atoms with van der Waals surface area (Å²) in [6.45, 7) is 4.88. The number of morpholine rings is 1. The highest BCUT2D eigenvalue weighted by Crippen LogP contribution is 2.27. The van der Waals surface area contributed by atoms with Crippen molar-refractivity contribution in [2.75, 3.05) is 38.2 Å². The van der Waals surface area contributed by atoms with Crippen LogP contribution in [0.5, 0.6) is 0 Å². The summed E-state index contributed by atoms with van der Waals surface area (Å²) < 4.78 is 5.25. The van der Waals surface area contributed by atoms with E-state index in [1.165, 1.54) is 0 Å². The van der Waals surface area contributed by atoms with Gasteiger partial charge in [0.2, 0.25) is 11.8 Å². The fourth-order valence-corrected chi connectivity index (χ4v) is 5.31. The third-order valence-electron chi connectivity index (χ3n) is 7.34. The number of hydrogen-bond donors (Lipinski definition) is 1. The largest absolute Gasteiger partial charge is 0.370 e. The Hall–Kier alpha value is -3.39. The Bertz CT molecular complexity index is 1090. The maximum atomic E-state index is 13.7. The summed E-state index contributed by atoms with van der Waals surface area (Å²) in [7, 11) is 0. The number of anilines is 1. The van der Waals surface area contributed by atoms with E-state index in [9.17, 15) is 14.4 Å². The van der Waals surface area contributed by atoms with E-state index in [0.717, 1.165) is 29.5 Å². The van der Waals surface area contributed by atoms with Crippen LogP contribution in [-0.4, -0.2) is 77.5 Å². The molecule has 0 bridgehead atoms. The molecule has 1 unspecified atom stereocenters. The van der Waals surface area contributed by atoms with Gasteiger partial charge in [0.1, 0.15) is 12.6 Å². The van der Waals surface area contributed by atoms with Gasteiger partial charge in [-0.1, -0.05) is 42.0 Å². The fourth-order valence-electron chi connectivity index (χ4n) is 5.31. The van der Waals surface area contributed by atoms with Gasteiger partial charge >= 0.3 is 6.03 Å². The summed E-state index contributed by atoms with van der Waals surface area (Å²) in [4.78, 5) is 44.7. The number of amides is 4. The molecule has 2 aromatic carbocycles. The second kappa shape index (κ2) is 10.1. The minimum Gasteiger partial charge on any atom is -0.370 e. The number of ether oxygens (including phenoxy) is 1. The number of benzene rings is 2. The third-order valence-corrected chi connectivity index (χ3v) is 7.34. The second-order valence-electron chi connectivity index (χ2n) is 9.61. The number of nitrogens with one attached hydrogen (secondary N) is 1. The minimum absolute atomic E-state index is 0.0229. The Kier molecular flexibility index (Phi) is 6.72. The predicted molar refractivity (Wildman–Crippen MR) is 132 cm³/mol. The summed E-state index contributed by atoms with van der Waals surface area (Å²) in [6.07, 6.45) is 1.99. The van der Waals surface area contributed by atoms with Gasteiger partial charge in [-0.3, -0.25) is 9.59 Å². The van der Waals surface area contributed by atoms with Crippen molar-refractivity contribution in [1.29, 1.82) is 0 Å². The lowest BCUT2D eigenvalue weighted by atomic mass is 9.92. The number of piperidine rings is 1. The number of aryl methyl sites for hydroxylation is 1. The van der Waals surface area contributed by atoms with E-state index < -0.39 is 6.04 Å². The summed E-state index contributed by atoms with van der Waals surface area (Å²) in [5.41, 5.74) is 4.01. The van der Waals surface area contributed by atoms with Crippen LogP contribution >= 0.6 is 0 Å². The summed E-state index contributed by atoms with van der Waals surface area (Å²) in [6, 6.07) is 15.0. The maximum absolute atomic E-state index is 13.7. The first-order chi connectivity index (χ1) is 17.0. The number of carbonyl (C=O) groups is 3. The van der Waals surface area contributed by atoms with E-state index >= 15 is 0 Å². The predicted octanol–water partition coefficient (Wildman–Crippen LogP) is 2.80. The van der Waals surface area contributed by atoms with Gasteiger partial charge in [0.25, 0.3) is 0 Å². The van der Waals surface area contributed by atoms with Gasteiger partial charge in [-0.25, -0.2) is 4.79 Å². The zero-order chi connectivity index (χ0) is 24.4. The molecule has 0 aromatic heterocycles. The molecule has 4 amide bonds. The van der Waals surface area contributed by atoms with Crippen molar-refractivity contribution in [2.45, 2.75) is 44.8 Å². The minimum atomic E-state index is -0.558. The molecule has 35 heavy (non-hydrogen) atoms. The molecule has 0 radical (unpaired) electrons. The molecule has 1 atom stereocenters. The normalized spacial score (nSPS) is 21.0. The van der Waals surface area contributed by atoms with Crippen LogP contribution in [0, 0.1) is 6.92 Å². The lowest BCUT2D eigenvalue weighted by Gasteiger charge is -2.43. The van der Waals surface area contributed by atoms with E-state index in [1.807, 2.05) is 65.3 Å². The molecule has 2 saturated heterocycles. The van der Waals surface area contributed by atoms with Crippen LogP contribution in [0.25, 0.3) is 0 Å². The van der Waals surface area contributed by atoms with Crippen LogP contribution in [0.4, 0.5) is 10.5 Å². The maximum Gasteiger partial charge on any atom is 0.322 e. The Labute approximate surface area is 205 Å². The van der Waals surface area contributed by atoms with Crippen molar-refractivity contribution in [3.05, 3.63) is 65.2 Å². The number of fused-ring (bicyclic) bond motifs is 1. The van der Waals surface area contributed by atoms with Crippen molar-refractivity contribution >= 4 is 23.5 Å². The molecular formula is C27H32N4O4. The van der Waals surface area contributed by atoms with Crippen molar-refractivity contribution in [2.24, 2.45) is 0 Å². The van der Waals surface area contributed by atoms with Gasteiger partial charge in [-0.05, 0) is 43.0 Å². The molecular weight excluding hydrogens is 444 g/mol. The van der Waals surface area contributed by atoms with Gasteiger partial charge in [-0.2, -0.15) is 0 Å². The van der Waals surface area contributed by atoms with Crippen molar-refractivity contribution < 1.29 is 19.1 Å². The fraction of sp³-hybridized carbons (Fsp3) is 0.444. The van der Waals surface area contributed by atoms with Crippen molar-refractivity contribution in [3.63, 3.8) is 0 Å². The van der Waals surface area contributed by atoms with E-state index in [0.29, 0.717) is 44.9 Å². The van der Waals surface area contributed by atoms with E-state index in [-0.39, 0.29) is 30.5 Å². The molecule has 1 N–H and O–H groups in total. The van der Waals surface area contributed by atoms with Gasteiger partial charge in [0, 0.05) is 44.3 Å². The molecule has 3 aliphatic heterocycles. The Morgan fingerprint density at radius 2 is 1.69 bits per heavy atom. The Morgan fingerprint density at radius 1 is 0.971 bits per heavy atom. The molecule has 3 aliphatic rings. The first-order valence-electron chi connectivity index (χ1n) is 12.4. The van der Waals surface area contributed by atoms with Crippen LogP contribution in [0.3, 0.4) is 0 Å². The molecule has 0 spiro atoms. The number of nitrogens with zero attached hydrogens (tertiary/aromatic N) is 3. The smallest absolute Gasteiger partial charge is 0.322 e. The molecule has 3 heterocycles. The van der Waals surface area contributed by atoms with E-state index in [2.05, 4.69) is 5.32 Å². The van der Waals surface area contributed by atoms with Crippen LogP contribution in [0.1, 0.15) is 29.5 Å². The zero-order valence-corrected chi connectivity index (χ0v) is 20.1. The lowest BCUT2D eigenvalue weighted by molar-refractivity contribution is -0.148. The molecule has 5 rings (SSSR count). The first-order valence-corrected chi connectivity index (χ1v) is 12.4. The Morgan fingerprint density at radius 3 is 2.40 bits per heavy atom. The summed E-state index contributed by atoms with van der Waals surface area (Å²) in [5.74, 6) is 0.00850. The van der Waals surface area contributed by atoms with Crippen LogP contribution in [-0.2, 0) is 27.3 Å². The highest BCUT2D eigenvalue weighted by molar-refractivity contribution is 5.94. The highest BCUT2D eigenvalue weighted by atomic mass is 16.5. The lowest BCUT2D eigenvalue weighted by Crippen LogP contribution is -2.58. The molecule has 184 valence electrons. The SMILES string of the molecule is Cc1ccc(NC(=O)N2Cc3ccccc3CC2C(=O)N2CCC(N3CCOCC3=O)CC2)cc1. The van der Waals surface area contributed by atoms with Gasteiger partial charge in [0.15, 0.2) is 0 Å². The summed E-state index contributed by atoms with van der Waals surface area (Å²) >= 11 is 0. The zero-order valence-electron chi connectivity index (χ0n) is 20.1. The second-order valence-corrected chi connectivity index (χ2v) is 9.61. The number of urea groups is 1. The Balaban J connectivity index is 1.30. The van der Waals surface area contributed by atoms with Gasteiger partial charge in [0.05, 0.1) is 6.61 Å². The molecule has 2 fully saturated rings. The average Bonchev–Trinajstić information content (AvgIpc) is 2.89. The summed E-state index contributed by atoms with van der Waals surface area (Å²) in [5, 5.41) is 2.97. The number of hydrogen-bond acceptors (Lipinski definition) is 4. The average molecular weight is 477 g/mol. The quantitative estimate of drug-likeness (QED) is 0.739. The van der Waals surface area contributed by atoms with Gasteiger partial charge in [-0.15, -0.1) is 0 Å². The third kappa shape index (κ3) is 5.03. The topological polar surface area (TPSA) is 82.2 Å². The molecule has 2 aromatic rings. The molecule has 8 heteroatoms. The molecule has 0 aliphatic carbocycles.